The first-order valence-corrected chi connectivity index (χ1v) is 7.67. The first kappa shape index (κ1) is 16.5. The van der Waals surface area contributed by atoms with E-state index in [2.05, 4.69) is 0 Å². The highest BCUT2D eigenvalue weighted by atomic mass is 16.5. The van der Waals surface area contributed by atoms with Crippen LogP contribution in [-0.4, -0.2) is 48.0 Å². The summed E-state index contributed by atoms with van der Waals surface area (Å²) in [6.07, 6.45) is 2.90. The molecule has 1 atom stereocenters. The number of piperidine rings is 1. The Hall–Kier alpha value is -1.88. The predicted octanol–water partition coefficient (Wildman–Crippen LogP) is 2.52. The molecule has 1 aliphatic rings. The fourth-order valence-electron chi connectivity index (χ4n) is 2.96. The van der Waals surface area contributed by atoms with Crippen LogP contribution in [0, 0.1) is 6.92 Å². The predicted molar refractivity (Wildman–Crippen MR) is 83.5 cm³/mol. The first-order valence-electron chi connectivity index (χ1n) is 7.67. The van der Waals surface area contributed by atoms with E-state index in [0.717, 1.165) is 24.9 Å². The number of nitrogens with zero attached hydrogens (tertiary/aromatic N) is 1. The van der Waals surface area contributed by atoms with E-state index in [1.165, 1.54) is 0 Å². The van der Waals surface area contributed by atoms with Gasteiger partial charge in [-0.05, 0) is 38.4 Å². The lowest BCUT2D eigenvalue weighted by Crippen LogP contribution is -2.45. The molecule has 1 aromatic rings. The van der Waals surface area contributed by atoms with Crippen LogP contribution in [0.5, 0.6) is 5.75 Å². The highest BCUT2D eigenvalue weighted by Crippen LogP contribution is 2.22. The summed E-state index contributed by atoms with van der Waals surface area (Å²) in [4.78, 5) is 25.6. The number of hydrogen-bond donors (Lipinski definition) is 1. The number of carbonyl (C=O) groups is 2. The molecule has 1 aliphatic heterocycles. The molecule has 0 amide bonds. The number of aryl methyl sites for hydroxylation is 1. The Labute approximate surface area is 130 Å². The number of carboxylic acid groups (broad SMARTS) is 1. The number of benzene rings is 1. The van der Waals surface area contributed by atoms with Crippen LogP contribution in [0.15, 0.2) is 18.2 Å². The van der Waals surface area contributed by atoms with Gasteiger partial charge in [0.1, 0.15) is 11.8 Å². The second-order valence-electron chi connectivity index (χ2n) is 5.76. The zero-order valence-electron chi connectivity index (χ0n) is 13.2. The van der Waals surface area contributed by atoms with Crippen LogP contribution < -0.4 is 4.74 Å². The maximum atomic E-state index is 12.4. The van der Waals surface area contributed by atoms with E-state index in [4.69, 9.17) is 4.74 Å². The van der Waals surface area contributed by atoms with Crippen molar-refractivity contribution in [3.05, 3.63) is 29.3 Å². The minimum absolute atomic E-state index is 0.00439. The minimum Gasteiger partial charge on any atom is -0.496 e. The minimum atomic E-state index is -0.791. The number of hydrogen-bond acceptors (Lipinski definition) is 4. The normalized spacial score (nSPS) is 18.9. The van der Waals surface area contributed by atoms with Gasteiger partial charge in [0.25, 0.3) is 0 Å². The van der Waals surface area contributed by atoms with E-state index in [1.54, 1.807) is 13.2 Å². The van der Waals surface area contributed by atoms with Gasteiger partial charge in [0.05, 0.1) is 12.7 Å². The standard InChI is InChI=1S/C17H23NO4/c1-12-6-7-16(22-2)13(11-12)15(19)8-10-18-9-4-3-5-14(18)17(20)21/h6-7,11,14H,3-5,8-10H2,1-2H3,(H,20,21). The fraction of sp³-hybridized carbons (Fsp3) is 0.529. The maximum Gasteiger partial charge on any atom is 0.320 e. The molecule has 1 saturated heterocycles. The van der Waals surface area contributed by atoms with Crippen molar-refractivity contribution in [1.82, 2.24) is 4.90 Å². The fourth-order valence-corrected chi connectivity index (χ4v) is 2.96. The largest absolute Gasteiger partial charge is 0.496 e. The van der Waals surface area contributed by atoms with Crippen molar-refractivity contribution in [2.24, 2.45) is 0 Å². The van der Waals surface area contributed by atoms with Crippen LogP contribution >= 0.6 is 0 Å². The third-order valence-electron chi connectivity index (χ3n) is 4.18. The topological polar surface area (TPSA) is 66.8 Å². The summed E-state index contributed by atoms with van der Waals surface area (Å²) in [7, 11) is 1.55. The molecule has 1 unspecified atom stereocenters. The molecule has 5 nitrogen and oxygen atoms in total. The van der Waals surface area contributed by atoms with Gasteiger partial charge >= 0.3 is 5.97 Å². The maximum absolute atomic E-state index is 12.4. The molecule has 22 heavy (non-hydrogen) atoms. The number of carboxylic acids is 1. The highest BCUT2D eigenvalue weighted by Gasteiger charge is 2.28. The van der Waals surface area contributed by atoms with Gasteiger partial charge in [-0.3, -0.25) is 14.5 Å². The monoisotopic (exact) mass is 305 g/mol. The molecule has 1 heterocycles. The third-order valence-corrected chi connectivity index (χ3v) is 4.18. The number of ketones is 1. The van der Waals surface area contributed by atoms with Crippen molar-refractivity contribution >= 4 is 11.8 Å². The lowest BCUT2D eigenvalue weighted by molar-refractivity contribution is -0.144. The summed E-state index contributed by atoms with van der Waals surface area (Å²) in [5, 5.41) is 9.26. The summed E-state index contributed by atoms with van der Waals surface area (Å²) in [6, 6.07) is 5.07. The van der Waals surface area contributed by atoms with E-state index >= 15 is 0 Å². The Bertz CT molecular complexity index is 556. The molecule has 0 spiro atoms. The number of Topliss-reactive ketones (excluding diaryl/α,β-unsaturated/α-hetero) is 1. The number of rotatable bonds is 6. The average Bonchev–Trinajstić information content (AvgIpc) is 2.52. The molecule has 0 aromatic heterocycles. The average molecular weight is 305 g/mol. The van der Waals surface area contributed by atoms with Crippen molar-refractivity contribution in [2.75, 3.05) is 20.2 Å². The molecular weight excluding hydrogens is 282 g/mol. The Kier molecular flexibility index (Phi) is 5.55. The Morgan fingerprint density at radius 2 is 2.14 bits per heavy atom. The Morgan fingerprint density at radius 3 is 2.82 bits per heavy atom. The SMILES string of the molecule is COc1ccc(C)cc1C(=O)CCN1CCCCC1C(=O)O. The number of methoxy groups -OCH3 is 1. The molecule has 1 N–H and O–H groups in total. The lowest BCUT2D eigenvalue weighted by Gasteiger charge is -2.32. The van der Waals surface area contributed by atoms with Gasteiger partial charge in [-0.25, -0.2) is 0 Å². The van der Waals surface area contributed by atoms with Gasteiger partial charge in [-0.2, -0.15) is 0 Å². The number of likely N-dealkylation sites (tertiary alicyclic amines) is 1. The molecule has 0 radical (unpaired) electrons. The van der Waals surface area contributed by atoms with Gasteiger partial charge in [0.2, 0.25) is 0 Å². The summed E-state index contributed by atoms with van der Waals surface area (Å²) in [6.45, 7) is 3.16. The summed E-state index contributed by atoms with van der Waals surface area (Å²) >= 11 is 0. The second kappa shape index (κ2) is 7.40. The molecular formula is C17H23NO4. The summed E-state index contributed by atoms with van der Waals surface area (Å²) < 4.78 is 5.24. The smallest absolute Gasteiger partial charge is 0.320 e. The van der Waals surface area contributed by atoms with Crippen LogP contribution in [0.2, 0.25) is 0 Å². The summed E-state index contributed by atoms with van der Waals surface area (Å²) in [5.41, 5.74) is 1.58. The molecule has 0 saturated carbocycles. The van der Waals surface area contributed by atoms with Crippen LogP contribution in [0.4, 0.5) is 0 Å². The second-order valence-corrected chi connectivity index (χ2v) is 5.76. The van der Waals surface area contributed by atoms with Crippen LogP contribution in [-0.2, 0) is 4.79 Å². The van der Waals surface area contributed by atoms with Crippen LogP contribution in [0.25, 0.3) is 0 Å². The van der Waals surface area contributed by atoms with E-state index < -0.39 is 12.0 Å². The first-order chi connectivity index (χ1) is 10.5. The molecule has 1 fully saturated rings. The number of ether oxygens (including phenoxy) is 1. The van der Waals surface area contributed by atoms with Crippen LogP contribution in [0.3, 0.4) is 0 Å². The van der Waals surface area contributed by atoms with Gasteiger partial charge in [-0.15, -0.1) is 0 Å². The van der Waals surface area contributed by atoms with Crippen molar-refractivity contribution in [3.63, 3.8) is 0 Å². The van der Waals surface area contributed by atoms with Crippen molar-refractivity contribution < 1.29 is 19.4 Å². The van der Waals surface area contributed by atoms with E-state index in [9.17, 15) is 14.7 Å². The quantitative estimate of drug-likeness (QED) is 0.818. The highest BCUT2D eigenvalue weighted by molar-refractivity contribution is 5.99. The van der Waals surface area contributed by atoms with Gasteiger partial charge in [0.15, 0.2) is 5.78 Å². The van der Waals surface area contributed by atoms with Gasteiger partial charge < -0.3 is 9.84 Å². The third kappa shape index (κ3) is 3.85. The molecule has 5 heteroatoms. The van der Waals surface area contributed by atoms with Gasteiger partial charge in [-0.1, -0.05) is 18.1 Å². The van der Waals surface area contributed by atoms with Crippen molar-refractivity contribution in [2.45, 2.75) is 38.6 Å². The van der Waals surface area contributed by atoms with E-state index in [-0.39, 0.29) is 5.78 Å². The van der Waals surface area contributed by atoms with Gasteiger partial charge in [0, 0.05) is 13.0 Å². The molecule has 120 valence electrons. The molecule has 0 aliphatic carbocycles. The van der Waals surface area contributed by atoms with Crippen molar-refractivity contribution in [3.8, 4) is 5.75 Å². The van der Waals surface area contributed by atoms with E-state index in [0.29, 0.717) is 30.7 Å². The molecule has 0 bridgehead atoms. The Morgan fingerprint density at radius 1 is 1.36 bits per heavy atom. The zero-order valence-corrected chi connectivity index (χ0v) is 13.2. The number of carbonyl (C=O) groups excluding carboxylic acids is 1. The van der Waals surface area contributed by atoms with Crippen molar-refractivity contribution in [1.29, 1.82) is 0 Å². The van der Waals surface area contributed by atoms with Crippen LogP contribution in [0.1, 0.15) is 41.6 Å². The molecule has 2 rings (SSSR count). The number of aliphatic carboxylic acids is 1. The Balaban J connectivity index is 2.03. The van der Waals surface area contributed by atoms with E-state index in [1.807, 2.05) is 24.0 Å². The lowest BCUT2D eigenvalue weighted by atomic mass is 10.00. The summed E-state index contributed by atoms with van der Waals surface area (Å²) in [5.74, 6) is -0.223. The zero-order chi connectivity index (χ0) is 16.1. The molecule has 1 aromatic carbocycles.